The van der Waals surface area contributed by atoms with Crippen LogP contribution in [0.4, 0.5) is 10.5 Å². The average molecular weight is 304 g/mol. The highest BCUT2D eigenvalue weighted by Crippen LogP contribution is 2.22. The van der Waals surface area contributed by atoms with Gasteiger partial charge in [-0.1, -0.05) is 37.0 Å². The third kappa shape index (κ3) is 6.14. The number of anilines is 1. The SMILES string of the molecule is CC(C)CC(CN)NC(=O)Nc1cc(Cl)cc(Cl)c1. The van der Waals surface area contributed by atoms with Gasteiger partial charge in [0.05, 0.1) is 0 Å². The summed E-state index contributed by atoms with van der Waals surface area (Å²) in [4.78, 5) is 11.8. The molecular formula is C13H19Cl2N3O. The first-order valence-corrected chi connectivity index (χ1v) is 6.90. The Morgan fingerprint density at radius 2 is 1.84 bits per heavy atom. The van der Waals surface area contributed by atoms with Crippen LogP contribution in [0.5, 0.6) is 0 Å². The minimum atomic E-state index is -0.311. The van der Waals surface area contributed by atoms with Crippen LogP contribution < -0.4 is 16.4 Å². The van der Waals surface area contributed by atoms with Crippen LogP contribution in [0.3, 0.4) is 0 Å². The number of carbonyl (C=O) groups is 1. The molecule has 1 unspecified atom stereocenters. The van der Waals surface area contributed by atoms with Gasteiger partial charge in [-0.15, -0.1) is 0 Å². The number of urea groups is 1. The molecule has 4 N–H and O–H groups in total. The number of hydrogen-bond acceptors (Lipinski definition) is 2. The van der Waals surface area contributed by atoms with E-state index in [-0.39, 0.29) is 12.1 Å². The van der Waals surface area contributed by atoms with E-state index >= 15 is 0 Å². The summed E-state index contributed by atoms with van der Waals surface area (Å²) >= 11 is 11.7. The Morgan fingerprint density at radius 1 is 1.26 bits per heavy atom. The number of amides is 2. The van der Waals surface area contributed by atoms with Crippen molar-refractivity contribution in [2.24, 2.45) is 11.7 Å². The molecule has 4 nitrogen and oxygen atoms in total. The Hall–Kier alpha value is -0.970. The number of carbonyl (C=O) groups excluding carboxylic acids is 1. The van der Waals surface area contributed by atoms with E-state index in [2.05, 4.69) is 24.5 Å². The first-order valence-electron chi connectivity index (χ1n) is 6.14. The van der Waals surface area contributed by atoms with E-state index in [1.54, 1.807) is 18.2 Å². The van der Waals surface area contributed by atoms with E-state index in [0.717, 1.165) is 6.42 Å². The van der Waals surface area contributed by atoms with Gasteiger partial charge in [0.2, 0.25) is 0 Å². The number of benzene rings is 1. The second kappa shape index (κ2) is 7.58. The molecule has 0 spiro atoms. The lowest BCUT2D eigenvalue weighted by atomic mass is 10.0. The summed E-state index contributed by atoms with van der Waals surface area (Å²) in [6.07, 6.45) is 0.834. The Labute approximate surface area is 123 Å². The molecule has 0 saturated carbocycles. The molecule has 0 bridgehead atoms. The summed E-state index contributed by atoms with van der Waals surface area (Å²) in [5.74, 6) is 0.467. The summed E-state index contributed by atoms with van der Waals surface area (Å²) in [6, 6.07) is 4.51. The maximum atomic E-state index is 11.8. The van der Waals surface area contributed by atoms with Crippen LogP contribution in [0.1, 0.15) is 20.3 Å². The molecule has 0 radical (unpaired) electrons. The summed E-state index contributed by atoms with van der Waals surface area (Å²) in [5, 5.41) is 6.46. The van der Waals surface area contributed by atoms with Gasteiger partial charge < -0.3 is 16.4 Å². The highest BCUT2D eigenvalue weighted by molar-refractivity contribution is 6.35. The zero-order chi connectivity index (χ0) is 14.4. The Balaban J connectivity index is 2.58. The number of hydrogen-bond donors (Lipinski definition) is 3. The lowest BCUT2D eigenvalue weighted by Gasteiger charge is -2.19. The van der Waals surface area contributed by atoms with Gasteiger partial charge in [0.15, 0.2) is 0 Å². The van der Waals surface area contributed by atoms with E-state index in [4.69, 9.17) is 28.9 Å². The maximum absolute atomic E-state index is 11.8. The number of halogens is 2. The molecule has 0 aliphatic carbocycles. The molecule has 1 atom stereocenters. The molecule has 0 saturated heterocycles. The van der Waals surface area contributed by atoms with Crippen molar-refractivity contribution in [2.45, 2.75) is 26.3 Å². The molecule has 0 aromatic heterocycles. The van der Waals surface area contributed by atoms with Crippen LogP contribution >= 0.6 is 23.2 Å². The third-order valence-corrected chi connectivity index (χ3v) is 2.93. The minimum absolute atomic E-state index is 0.0466. The van der Waals surface area contributed by atoms with Gasteiger partial charge in [0.25, 0.3) is 0 Å². The molecule has 1 aromatic rings. The van der Waals surface area contributed by atoms with E-state index in [9.17, 15) is 4.79 Å². The van der Waals surface area contributed by atoms with Crippen LogP contribution in [-0.2, 0) is 0 Å². The van der Waals surface area contributed by atoms with Crippen molar-refractivity contribution in [2.75, 3.05) is 11.9 Å². The van der Waals surface area contributed by atoms with E-state index in [1.807, 2.05) is 0 Å². The fourth-order valence-corrected chi connectivity index (χ4v) is 2.29. The normalized spacial score (nSPS) is 12.3. The predicted octanol–water partition coefficient (Wildman–Crippen LogP) is 3.49. The summed E-state index contributed by atoms with van der Waals surface area (Å²) < 4.78 is 0. The zero-order valence-corrected chi connectivity index (χ0v) is 12.6. The number of nitrogens with two attached hydrogens (primary N) is 1. The first kappa shape index (κ1) is 16.1. The molecular weight excluding hydrogens is 285 g/mol. The highest BCUT2D eigenvalue weighted by atomic mass is 35.5. The molecule has 2 amide bonds. The lowest BCUT2D eigenvalue weighted by molar-refractivity contribution is 0.247. The van der Waals surface area contributed by atoms with E-state index in [0.29, 0.717) is 28.2 Å². The van der Waals surface area contributed by atoms with Crippen LogP contribution in [0, 0.1) is 5.92 Å². The predicted molar refractivity (Wildman–Crippen MR) is 80.9 cm³/mol. The van der Waals surface area contributed by atoms with Crippen LogP contribution in [0.15, 0.2) is 18.2 Å². The second-order valence-corrected chi connectivity index (χ2v) is 5.69. The van der Waals surface area contributed by atoms with E-state index < -0.39 is 0 Å². The molecule has 6 heteroatoms. The smallest absolute Gasteiger partial charge is 0.319 e. The van der Waals surface area contributed by atoms with Crippen molar-refractivity contribution in [1.82, 2.24) is 5.32 Å². The molecule has 1 rings (SSSR count). The quantitative estimate of drug-likeness (QED) is 0.779. The highest BCUT2D eigenvalue weighted by Gasteiger charge is 2.12. The molecule has 1 aromatic carbocycles. The summed E-state index contributed by atoms with van der Waals surface area (Å²) in [6.45, 7) is 4.57. The van der Waals surface area contributed by atoms with Crippen molar-refractivity contribution < 1.29 is 4.79 Å². The standard InChI is InChI=1S/C13H19Cl2N3O/c1-8(2)3-12(7-16)18-13(19)17-11-5-9(14)4-10(15)6-11/h4-6,8,12H,3,7,16H2,1-2H3,(H2,17,18,19). The van der Waals surface area contributed by atoms with Crippen LogP contribution in [-0.4, -0.2) is 18.6 Å². The molecule has 0 heterocycles. The lowest BCUT2D eigenvalue weighted by Crippen LogP contribution is -2.43. The second-order valence-electron chi connectivity index (χ2n) is 4.82. The van der Waals surface area contributed by atoms with E-state index in [1.165, 1.54) is 0 Å². The third-order valence-electron chi connectivity index (χ3n) is 2.50. The molecule has 0 aliphatic rings. The van der Waals surface area contributed by atoms with Crippen molar-refractivity contribution in [3.63, 3.8) is 0 Å². The first-order chi connectivity index (χ1) is 8.90. The monoisotopic (exact) mass is 303 g/mol. The average Bonchev–Trinajstić information content (AvgIpc) is 2.25. The zero-order valence-electron chi connectivity index (χ0n) is 11.0. The molecule has 0 fully saturated rings. The fraction of sp³-hybridized carbons (Fsp3) is 0.462. The number of nitrogens with one attached hydrogen (secondary N) is 2. The number of rotatable bonds is 5. The van der Waals surface area contributed by atoms with Gasteiger partial charge in [0.1, 0.15) is 0 Å². The van der Waals surface area contributed by atoms with Gasteiger partial charge in [-0.25, -0.2) is 4.79 Å². The van der Waals surface area contributed by atoms with Gasteiger partial charge in [-0.05, 0) is 30.5 Å². The van der Waals surface area contributed by atoms with Gasteiger partial charge in [-0.3, -0.25) is 0 Å². The Morgan fingerprint density at radius 3 is 2.32 bits per heavy atom. The van der Waals surface area contributed by atoms with Crippen LogP contribution in [0.2, 0.25) is 10.0 Å². The van der Waals surface area contributed by atoms with Crippen molar-refractivity contribution in [1.29, 1.82) is 0 Å². The Kier molecular flexibility index (Phi) is 6.42. The topological polar surface area (TPSA) is 67.1 Å². The largest absolute Gasteiger partial charge is 0.334 e. The fourth-order valence-electron chi connectivity index (χ4n) is 1.76. The minimum Gasteiger partial charge on any atom is -0.334 e. The molecule has 106 valence electrons. The molecule has 0 aliphatic heterocycles. The molecule has 19 heavy (non-hydrogen) atoms. The van der Waals surface area contributed by atoms with Crippen molar-refractivity contribution in [3.8, 4) is 0 Å². The summed E-state index contributed by atoms with van der Waals surface area (Å²) in [5.41, 5.74) is 6.18. The van der Waals surface area contributed by atoms with Crippen LogP contribution in [0.25, 0.3) is 0 Å². The van der Waals surface area contributed by atoms with Gasteiger partial charge in [0, 0.05) is 28.3 Å². The van der Waals surface area contributed by atoms with Crippen molar-refractivity contribution in [3.05, 3.63) is 28.2 Å². The maximum Gasteiger partial charge on any atom is 0.319 e. The Bertz CT molecular complexity index is 418. The van der Waals surface area contributed by atoms with Gasteiger partial charge in [-0.2, -0.15) is 0 Å². The summed E-state index contributed by atoms with van der Waals surface area (Å²) in [7, 11) is 0. The van der Waals surface area contributed by atoms with Gasteiger partial charge >= 0.3 is 6.03 Å². The van der Waals surface area contributed by atoms with Crippen molar-refractivity contribution >= 4 is 34.9 Å².